The summed E-state index contributed by atoms with van der Waals surface area (Å²) in [4.78, 5) is 17.8. The van der Waals surface area contributed by atoms with E-state index >= 15 is 0 Å². The van der Waals surface area contributed by atoms with Crippen LogP contribution in [-0.4, -0.2) is 18.2 Å². The molecule has 0 unspecified atom stereocenters. The fourth-order valence-corrected chi connectivity index (χ4v) is 0. The molecule has 0 aromatic rings. The van der Waals surface area contributed by atoms with Gasteiger partial charge in [0.1, 0.15) is 0 Å². The Bertz CT molecular complexity index is 190. The van der Waals surface area contributed by atoms with Gasteiger partial charge in [0.05, 0.1) is 6.26 Å². The number of nitrogens with zero attached hydrogens (tertiary/aromatic N) is 2. The van der Waals surface area contributed by atoms with E-state index in [-0.39, 0.29) is 29.6 Å². The molecule has 0 radical (unpaired) electrons. The molecule has 0 aliphatic rings. The minimum absolute atomic E-state index is 0. The summed E-state index contributed by atoms with van der Waals surface area (Å²) in [5.74, 6) is -2.17. The molecule has 0 N–H and O–H groups in total. The van der Waals surface area contributed by atoms with Crippen LogP contribution in [0.3, 0.4) is 0 Å². The fraction of sp³-hybridized carbons (Fsp3) is 0.429. The van der Waals surface area contributed by atoms with Gasteiger partial charge in [-0.3, -0.25) is 0 Å². The summed E-state index contributed by atoms with van der Waals surface area (Å²) in [6, 6.07) is 2.47. The number of carbonyl (C=O) groups is 2. The third kappa shape index (κ3) is 23100. The normalized spacial score (nSPS) is 4.40. The van der Waals surface area contributed by atoms with Crippen molar-refractivity contribution in [3.8, 4) is 12.1 Å². The molecule has 0 bridgehead atoms. The molecule has 0 aromatic heterocycles. The predicted molar refractivity (Wildman–Crippen MR) is 48.7 cm³/mol. The van der Waals surface area contributed by atoms with Gasteiger partial charge in [0, 0.05) is 11.9 Å². The zero-order valence-electron chi connectivity index (χ0n) is 9.03. The second-order valence-electron chi connectivity index (χ2n) is 1.21. The van der Waals surface area contributed by atoms with Crippen LogP contribution in [0.2, 0.25) is 0 Å². The van der Waals surface area contributed by atoms with Crippen LogP contribution >= 0.6 is 0 Å². The average molecular weight is 242 g/mol. The molecule has 8 heteroatoms. The topological polar surface area (TPSA) is 128 Å². The molecular formula is C7H11N2NaO4S. The van der Waals surface area contributed by atoms with Gasteiger partial charge in [-0.2, -0.15) is 10.5 Å². The summed E-state index contributed by atoms with van der Waals surface area (Å²) in [7, 11) is 0. The van der Waals surface area contributed by atoms with Crippen LogP contribution in [0.15, 0.2) is 0 Å². The largest absolute Gasteiger partial charge is 1.00 e. The van der Waals surface area contributed by atoms with Crippen molar-refractivity contribution in [3.63, 3.8) is 0 Å². The van der Waals surface area contributed by atoms with Crippen LogP contribution in [0, 0.1) is 22.7 Å². The monoisotopic (exact) mass is 242 g/mol. The van der Waals surface area contributed by atoms with Crippen LogP contribution in [0.1, 0.15) is 13.8 Å². The summed E-state index contributed by atoms with van der Waals surface area (Å²) < 4.78 is 0. The van der Waals surface area contributed by atoms with Crippen LogP contribution in [0.5, 0.6) is 0 Å². The molecule has 0 saturated heterocycles. The van der Waals surface area contributed by atoms with Crippen molar-refractivity contribution in [2.24, 2.45) is 0 Å². The number of aliphatic carboxylic acids is 2. The molecule has 0 atom stereocenters. The molecule has 6 nitrogen and oxygen atoms in total. The average Bonchev–Trinajstić information content (AvgIpc) is 2.05. The van der Waals surface area contributed by atoms with E-state index in [0.717, 1.165) is 13.8 Å². The van der Waals surface area contributed by atoms with E-state index in [1.165, 1.54) is 12.1 Å². The Hall–Kier alpha value is -0.730. The summed E-state index contributed by atoms with van der Waals surface area (Å²) in [5.41, 5.74) is 0. The molecule has 0 heterocycles. The quantitative estimate of drug-likeness (QED) is 0.307. The van der Waals surface area contributed by atoms with E-state index in [0.29, 0.717) is 0 Å². The second kappa shape index (κ2) is 37.8. The van der Waals surface area contributed by atoms with Gasteiger partial charge < -0.3 is 19.8 Å². The van der Waals surface area contributed by atoms with Crippen molar-refractivity contribution >= 4 is 24.6 Å². The number of rotatable bonds is 0. The number of carboxylic acids is 2. The van der Waals surface area contributed by atoms with Gasteiger partial charge in [0.2, 0.25) is 0 Å². The number of carboxylic acid groups (broad SMARTS) is 2. The van der Waals surface area contributed by atoms with Crippen molar-refractivity contribution in [1.29, 1.82) is 10.5 Å². The molecule has 0 saturated carbocycles. The second-order valence-corrected chi connectivity index (χ2v) is 1.21. The van der Waals surface area contributed by atoms with E-state index in [4.69, 9.17) is 30.3 Å². The zero-order valence-corrected chi connectivity index (χ0v) is 12.0. The first-order valence-corrected chi connectivity index (χ1v) is 4.01. The maximum atomic E-state index is 8.89. The number of nitriles is 2. The van der Waals surface area contributed by atoms with E-state index in [2.05, 4.69) is 12.6 Å². The van der Waals surface area contributed by atoms with Crippen LogP contribution < -0.4 is 39.8 Å². The molecule has 0 amide bonds. The van der Waals surface area contributed by atoms with Gasteiger partial charge in [0.25, 0.3) is 0 Å². The molecule has 0 aliphatic heterocycles. The van der Waals surface area contributed by atoms with Gasteiger partial charge in [-0.25, -0.2) is 0 Å². The third-order valence-electron chi connectivity index (χ3n) is 0.0500. The maximum absolute atomic E-state index is 8.89. The van der Waals surface area contributed by atoms with Crippen LogP contribution in [0.4, 0.5) is 0 Å². The van der Waals surface area contributed by atoms with Crippen molar-refractivity contribution < 1.29 is 49.4 Å². The Balaban J connectivity index is -0.0000000298. The van der Waals surface area contributed by atoms with E-state index < -0.39 is 11.9 Å². The molecule has 0 fully saturated rings. The zero-order chi connectivity index (χ0) is 12.6. The van der Waals surface area contributed by atoms with Crippen molar-refractivity contribution in [2.45, 2.75) is 13.8 Å². The van der Waals surface area contributed by atoms with E-state index in [9.17, 15) is 0 Å². The SMILES string of the molecule is CC(=O)[O-].CC(=O)[O-].C[SH2+].N#CC#N.[Na+]. The Labute approximate surface area is 116 Å². The molecule has 0 aromatic carbocycles. The van der Waals surface area contributed by atoms with Gasteiger partial charge in [-0.1, -0.05) is 0 Å². The van der Waals surface area contributed by atoms with Gasteiger partial charge in [-0.05, 0) is 26.5 Å². The predicted octanol–water partition coefficient (Wildman–Crippen LogP) is -5.82. The van der Waals surface area contributed by atoms with Crippen LogP contribution in [0.25, 0.3) is 0 Å². The summed E-state index contributed by atoms with van der Waals surface area (Å²) in [6.07, 6.45) is 1.81. The van der Waals surface area contributed by atoms with Gasteiger partial charge in [-0.15, -0.1) is 0 Å². The Morgan fingerprint density at radius 2 is 1.07 bits per heavy atom. The van der Waals surface area contributed by atoms with Crippen LogP contribution in [-0.2, 0) is 22.2 Å². The molecule has 0 rings (SSSR count). The Morgan fingerprint density at radius 1 is 1.00 bits per heavy atom. The van der Waals surface area contributed by atoms with Crippen molar-refractivity contribution in [3.05, 3.63) is 0 Å². The van der Waals surface area contributed by atoms with Gasteiger partial charge >= 0.3 is 29.6 Å². The molecule has 15 heavy (non-hydrogen) atoms. The van der Waals surface area contributed by atoms with E-state index in [1.807, 2.05) is 0 Å². The van der Waals surface area contributed by atoms with Crippen molar-refractivity contribution in [1.82, 2.24) is 0 Å². The van der Waals surface area contributed by atoms with Gasteiger partial charge in [0.15, 0.2) is 12.1 Å². The van der Waals surface area contributed by atoms with E-state index in [1.54, 1.807) is 6.26 Å². The minimum atomic E-state index is -1.08. The van der Waals surface area contributed by atoms with Crippen molar-refractivity contribution in [2.75, 3.05) is 6.26 Å². The Morgan fingerprint density at radius 3 is 1.07 bits per heavy atom. The maximum Gasteiger partial charge on any atom is 1.00 e. The minimum Gasteiger partial charge on any atom is -0.550 e. The fourth-order valence-electron chi connectivity index (χ4n) is 0. The first-order chi connectivity index (χ1) is 6.38. The number of hydrogen-bond acceptors (Lipinski definition) is 6. The summed E-state index contributed by atoms with van der Waals surface area (Å²) >= 11 is 2.97. The molecule has 0 spiro atoms. The Kier molecular flexibility index (Phi) is 73.7. The third-order valence-corrected chi connectivity index (χ3v) is 0.0500. The molecule has 0 aliphatic carbocycles. The molecule has 80 valence electrons. The standard InChI is InChI=1S/C2N2.2C2H4O2.CH4S.Na/c3-1-2-4;2*1-2(3)4;1-2;/h;2*1H3,(H,3,4);2H,1H3;/q;;;;+1/p-1. The number of hydrogen-bond donors (Lipinski definition) is 0. The smallest absolute Gasteiger partial charge is 0.550 e. The first kappa shape index (κ1) is 29.2. The summed E-state index contributed by atoms with van der Waals surface area (Å²) in [5, 5.41) is 32.3. The first-order valence-electron chi connectivity index (χ1n) is 3.01. The molecular weight excluding hydrogens is 231 g/mol. The number of carbonyl (C=O) groups excluding carboxylic acids is 2. The summed E-state index contributed by atoms with van der Waals surface area (Å²) in [6.45, 7) is 1.94.